The number of aromatic hydroxyl groups is 1. The van der Waals surface area contributed by atoms with E-state index in [4.69, 9.17) is 4.74 Å². The van der Waals surface area contributed by atoms with Crippen molar-refractivity contribution < 1.29 is 9.84 Å². The van der Waals surface area contributed by atoms with Crippen molar-refractivity contribution >= 4 is 0 Å². The van der Waals surface area contributed by atoms with Crippen molar-refractivity contribution in [1.82, 2.24) is 20.2 Å². The maximum Gasteiger partial charge on any atom is 0.258 e. The van der Waals surface area contributed by atoms with Crippen LogP contribution in [0.5, 0.6) is 11.8 Å². The number of ether oxygens (including phenoxy) is 1. The molecule has 0 aliphatic heterocycles. The molecule has 7 heteroatoms. The molecule has 0 radical (unpaired) electrons. The molecule has 2 aromatic rings. The van der Waals surface area contributed by atoms with Crippen LogP contribution >= 0.6 is 0 Å². The first-order chi connectivity index (χ1) is 8.65. The number of nitrogens with zero attached hydrogens (tertiary/aromatic N) is 3. The number of nitrogens with one attached hydrogen (secondary N) is 1. The van der Waals surface area contributed by atoms with Gasteiger partial charge < -0.3 is 14.8 Å². The largest absolute Gasteiger partial charge is 0.493 e. The van der Waals surface area contributed by atoms with Crippen LogP contribution in [0.1, 0.15) is 12.5 Å². The van der Waals surface area contributed by atoms with Gasteiger partial charge in [-0.15, -0.1) is 10.2 Å². The van der Waals surface area contributed by atoms with E-state index in [1.807, 2.05) is 0 Å². The van der Waals surface area contributed by atoms with Gasteiger partial charge in [-0.1, -0.05) is 6.92 Å². The lowest BCUT2D eigenvalue weighted by atomic mass is 10.2. The first-order valence-corrected chi connectivity index (χ1v) is 5.36. The minimum atomic E-state index is -0.377. The Morgan fingerprint density at radius 1 is 1.39 bits per heavy atom. The van der Waals surface area contributed by atoms with Crippen LogP contribution in [0.15, 0.2) is 16.9 Å². The van der Waals surface area contributed by atoms with Gasteiger partial charge in [0.25, 0.3) is 5.56 Å². The summed E-state index contributed by atoms with van der Waals surface area (Å²) in [6, 6.07) is 3.18. The van der Waals surface area contributed by atoms with E-state index >= 15 is 0 Å². The Hall–Kier alpha value is -2.44. The van der Waals surface area contributed by atoms with Crippen LogP contribution in [0.3, 0.4) is 0 Å². The Kier molecular flexibility index (Phi) is 3.22. The smallest absolute Gasteiger partial charge is 0.258 e. The van der Waals surface area contributed by atoms with Crippen molar-refractivity contribution in [3.63, 3.8) is 0 Å². The third kappa shape index (κ3) is 2.15. The van der Waals surface area contributed by atoms with E-state index in [2.05, 4.69) is 20.2 Å². The normalized spacial score (nSPS) is 10.3. The Morgan fingerprint density at radius 3 is 2.67 bits per heavy atom. The average Bonchev–Trinajstić information content (AvgIpc) is 2.38. The van der Waals surface area contributed by atoms with Crippen LogP contribution in [-0.4, -0.2) is 32.4 Å². The molecule has 0 saturated carbocycles. The Balaban J connectivity index is 2.47. The predicted molar refractivity (Wildman–Crippen MR) is 63.5 cm³/mol. The van der Waals surface area contributed by atoms with Gasteiger partial charge in [0, 0.05) is 6.07 Å². The number of methoxy groups -OCH3 is 1. The number of rotatable bonds is 3. The van der Waals surface area contributed by atoms with Crippen LogP contribution in [-0.2, 0) is 6.42 Å². The second-order valence-corrected chi connectivity index (χ2v) is 3.53. The van der Waals surface area contributed by atoms with Gasteiger partial charge in [0.05, 0.1) is 12.7 Å². The van der Waals surface area contributed by atoms with Gasteiger partial charge in [0.1, 0.15) is 5.69 Å². The van der Waals surface area contributed by atoms with E-state index < -0.39 is 0 Å². The number of aromatic nitrogens is 4. The minimum absolute atomic E-state index is 0.171. The van der Waals surface area contributed by atoms with Crippen LogP contribution in [0.4, 0.5) is 0 Å². The Bertz CT molecular complexity index is 607. The first-order valence-electron chi connectivity index (χ1n) is 5.36. The molecule has 0 aliphatic rings. The zero-order valence-corrected chi connectivity index (χ0v) is 9.97. The summed E-state index contributed by atoms with van der Waals surface area (Å²) in [4.78, 5) is 18.1. The van der Waals surface area contributed by atoms with Crippen molar-refractivity contribution in [2.24, 2.45) is 0 Å². The number of hydrogen-bond donors (Lipinski definition) is 2. The summed E-state index contributed by atoms with van der Waals surface area (Å²) in [7, 11) is 1.48. The average molecular weight is 248 g/mol. The second-order valence-electron chi connectivity index (χ2n) is 3.53. The van der Waals surface area contributed by atoms with Gasteiger partial charge >= 0.3 is 0 Å². The molecule has 94 valence electrons. The highest BCUT2D eigenvalue weighted by Gasteiger charge is 2.11. The molecule has 0 unspecified atom stereocenters. The van der Waals surface area contributed by atoms with Gasteiger partial charge in [0.15, 0.2) is 5.82 Å². The number of H-pyrrole nitrogens is 1. The van der Waals surface area contributed by atoms with Gasteiger partial charge in [-0.2, -0.15) is 4.98 Å². The van der Waals surface area contributed by atoms with E-state index in [9.17, 15) is 9.90 Å². The van der Waals surface area contributed by atoms with Crippen molar-refractivity contribution in [3.8, 4) is 23.3 Å². The molecule has 18 heavy (non-hydrogen) atoms. The zero-order valence-electron chi connectivity index (χ0n) is 9.97. The highest BCUT2D eigenvalue weighted by atomic mass is 16.5. The van der Waals surface area contributed by atoms with Crippen LogP contribution in [0, 0.1) is 0 Å². The maximum absolute atomic E-state index is 11.7. The van der Waals surface area contributed by atoms with Gasteiger partial charge in [-0.05, 0) is 12.5 Å². The van der Waals surface area contributed by atoms with E-state index in [-0.39, 0.29) is 22.8 Å². The van der Waals surface area contributed by atoms with E-state index in [0.717, 1.165) is 0 Å². The third-order valence-electron chi connectivity index (χ3n) is 2.44. The molecule has 7 nitrogen and oxygen atoms in total. The SMILES string of the molecule is CCc1c(O)nc(-c2ccc(OC)nn2)[nH]c1=O. The molecular formula is C11H12N4O3. The topological polar surface area (TPSA) is 101 Å². The highest BCUT2D eigenvalue weighted by Crippen LogP contribution is 2.16. The quantitative estimate of drug-likeness (QED) is 0.820. The molecule has 2 N–H and O–H groups in total. The summed E-state index contributed by atoms with van der Waals surface area (Å²) in [5.41, 5.74) is 0.226. The van der Waals surface area contributed by atoms with Gasteiger partial charge in [0.2, 0.25) is 11.8 Å². The molecule has 2 aromatic heterocycles. The van der Waals surface area contributed by atoms with Crippen molar-refractivity contribution in [2.45, 2.75) is 13.3 Å². The van der Waals surface area contributed by atoms with Gasteiger partial charge in [-0.3, -0.25) is 4.79 Å². The molecular weight excluding hydrogens is 236 g/mol. The molecule has 0 saturated heterocycles. The summed E-state index contributed by atoms with van der Waals surface area (Å²) in [5.74, 6) is 0.245. The third-order valence-corrected chi connectivity index (χ3v) is 2.44. The molecule has 0 bridgehead atoms. The van der Waals surface area contributed by atoms with E-state index in [1.54, 1.807) is 19.1 Å². The summed E-state index contributed by atoms with van der Waals surface area (Å²) >= 11 is 0. The van der Waals surface area contributed by atoms with E-state index in [0.29, 0.717) is 18.0 Å². The number of aromatic amines is 1. The molecule has 0 fully saturated rings. The second kappa shape index (κ2) is 4.82. The first kappa shape index (κ1) is 12.0. The monoisotopic (exact) mass is 248 g/mol. The van der Waals surface area contributed by atoms with Crippen molar-refractivity contribution in [3.05, 3.63) is 28.0 Å². The Labute approximate surface area is 102 Å². The fourth-order valence-corrected chi connectivity index (χ4v) is 1.48. The summed E-state index contributed by atoms with van der Waals surface area (Å²) in [5, 5.41) is 17.2. The van der Waals surface area contributed by atoms with Crippen molar-refractivity contribution in [1.29, 1.82) is 0 Å². The molecule has 0 aromatic carbocycles. The molecule has 0 atom stereocenters. The minimum Gasteiger partial charge on any atom is -0.493 e. The van der Waals surface area contributed by atoms with Crippen LogP contribution in [0.2, 0.25) is 0 Å². The summed E-state index contributed by atoms with van der Waals surface area (Å²) in [6.07, 6.45) is 0.405. The highest BCUT2D eigenvalue weighted by molar-refractivity contribution is 5.49. The lowest BCUT2D eigenvalue weighted by molar-refractivity contribution is 0.392. The molecule has 0 aliphatic carbocycles. The van der Waals surface area contributed by atoms with Crippen LogP contribution < -0.4 is 10.3 Å². The molecule has 0 spiro atoms. The Morgan fingerprint density at radius 2 is 2.17 bits per heavy atom. The van der Waals surface area contributed by atoms with E-state index in [1.165, 1.54) is 7.11 Å². The fourth-order valence-electron chi connectivity index (χ4n) is 1.48. The molecule has 0 amide bonds. The van der Waals surface area contributed by atoms with Crippen LogP contribution in [0.25, 0.3) is 11.5 Å². The lowest BCUT2D eigenvalue weighted by Crippen LogP contribution is -2.14. The standard InChI is InChI=1S/C11H12N4O3/c1-3-6-10(16)12-9(13-11(6)17)7-4-5-8(18-2)15-14-7/h4-5H,3H2,1-2H3,(H2,12,13,16,17). The molecule has 2 heterocycles. The van der Waals surface area contributed by atoms with Crippen molar-refractivity contribution in [2.75, 3.05) is 7.11 Å². The molecule has 2 rings (SSSR count). The summed E-state index contributed by atoms with van der Waals surface area (Å²) < 4.78 is 4.87. The lowest BCUT2D eigenvalue weighted by Gasteiger charge is -2.03. The number of hydrogen-bond acceptors (Lipinski definition) is 6. The maximum atomic E-state index is 11.7. The fraction of sp³-hybridized carbons (Fsp3) is 0.273. The summed E-state index contributed by atoms with van der Waals surface area (Å²) in [6.45, 7) is 1.76. The predicted octanol–water partition coefficient (Wildman–Crippen LogP) is 0.503. The van der Waals surface area contributed by atoms with Gasteiger partial charge in [-0.25, -0.2) is 0 Å². The zero-order chi connectivity index (χ0) is 13.1.